The lowest BCUT2D eigenvalue weighted by molar-refractivity contribution is 0.0314. The Bertz CT molecular complexity index is 437. The fourth-order valence-corrected chi connectivity index (χ4v) is 2.29. The molecule has 2 rings (SSSR count). The average Bonchev–Trinajstić information content (AvgIpc) is 2.42. The van der Waals surface area contributed by atoms with E-state index in [1.54, 1.807) is 18.7 Å². The molecule has 0 saturated heterocycles. The smallest absolute Gasteiger partial charge is 0.254 e. The Morgan fingerprint density at radius 1 is 1.50 bits per heavy atom. The van der Waals surface area contributed by atoms with Crippen molar-refractivity contribution in [1.29, 1.82) is 0 Å². The molecule has 16 heavy (non-hydrogen) atoms. The molecule has 1 N–H and O–H groups in total. The molecule has 0 bridgehead atoms. The van der Waals surface area contributed by atoms with Gasteiger partial charge in [-0.25, -0.2) is 0 Å². The number of carbonyl (C=O) groups is 1. The van der Waals surface area contributed by atoms with E-state index in [0.29, 0.717) is 13.1 Å². The predicted octanol–water partition coefficient (Wildman–Crippen LogP) is 2.18. The van der Waals surface area contributed by atoms with E-state index in [-0.39, 0.29) is 5.91 Å². The Morgan fingerprint density at radius 3 is 2.81 bits per heavy atom. The fourth-order valence-electron chi connectivity index (χ4n) is 1.93. The lowest BCUT2D eigenvalue weighted by Crippen LogP contribution is -2.38. The van der Waals surface area contributed by atoms with Crippen molar-refractivity contribution in [2.24, 2.45) is 0 Å². The highest BCUT2D eigenvalue weighted by atomic mass is 79.9. The van der Waals surface area contributed by atoms with Crippen LogP contribution in [0.15, 0.2) is 22.7 Å². The molecular formula is C12H14BrNO2. The van der Waals surface area contributed by atoms with Crippen molar-refractivity contribution < 1.29 is 9.90 Å². The van der Waals surface area contributed by atoms with Gasteiger partial charge in [-0.15, -0.1) is 0 Å². The molecule has 0 atom stereocenters. The quantitative estimate of drug-likeness (QED) is 0.904. The van der Waals surface area contributed by atoms with E-state index < -0.39 is 5.60 Å². The van der Waals surface area contributed by atoms with Crippen LogP contribution in [0.25, 0.3) is 0 Å². The van der Waals surface area contributed by atoms with Gasteiger partial charge in [-0.3, -0.25) is 4.79 Å². The maximum Gasteiger partial charge on any atom is 0.254 e. The number of hydrogen-bond donors (Lipinski definition) is 1. The molecule has 1 aliphatic rings. The number of carbonyl (C=O) groups excluding carboxylic acids is 1. The third-order valence-corrected chi connectivity index (χ3v) is 3.02. The highest BCUT2D eigenvalue weighted by molar-refractivity contribution is 9.10. The Balaban J connectivity index is 2.25. The van der Waals surface area contributed by atoms with Gasteiger partial charge in [0.2, 0.25) is 0 Å². The Labute approximate surface area is 103 Å². The van der Waals surface area contributed by atoms with Crippen LogP contribution >= 0.6 is 15.9 Å². The summed E-state index contributed by atoms with van der Waals surface area (Å²) >= 11 is 3.35. The summed E-state index contributed by atoms with van der Waals surface area (Å²) in [4.78, 5) is 13.7. The minimum atomic E-state index is -0.852. The first-order valence-corrected chi connectivity index (χ1v) is 5.96. The summed E-state index contributed by atoms with van der Waals surface area (Å²) in [5, 5.41) is 9.73. The molecule has 1 aromatic carbocycles. The second kappa shape index (κ2) is 3.86. The average molecular weight is 284 g/mol. The van der Waals surface area contributed by atoms with Crippen molar-refractivity contribution in [1.82, 2.24) is 4.90 Å². The minimum absolute atomic E-state index is 0.00146. The van der Waals surface area contributed by atoms with Gasteiger partial charge >= 0.3 is 0 Å². The van der Waals surface area contributed by atoms with Gasteiger partial charge in [-0.2, -0.15) is 0 Å². The van der Waals surface area contributed by atoms with Gasteiger partial charge in [0.15, 0.2) is 0 Å². The number of rotatable bonds is 2. The maximum atomic E-state index is 12.0. The minimum Gasteiger partial charge on any atom is -0.389 e. The molecule has 86 valence electrons. The van der Waals surface area contributed by atoms with Crippen molar-refractivity contribution in [3.05, 3.63) is 33.8 Å². The van der Waals surface area contributed by atoms with E-state index in [0.717, 1.165) is 15.6 Å². The molecule has 1 aliphatic heterocycles. The van der Waals surface area contributed by atoms with Gasteiger partial charge in [-0.05, 0) is 31.5 Å². The van der Waals surface area contributed by atoms with Gasteiger partial charge in [0, 0.05) is 23.1 Å². The summed E-state index contributed by atoms with van der Waals surface area (Å²) in [6.45, 7) is 4.36. The molecular weight excluding hydrogens is 270 g/mol. The number of benzene rings is 1. The van der Waals surface area contributed by atoms with Crippen molar-refractivity contribution in [2.45, 2.75) is 26.0 Å². The van der Waals surface area contributed by atoms with Crippen molar-refractivity contribution in [3.8, 4) is 0 Å². The molecule has 1 aromatic rings. The predicted molar refractivity (Wildman–Crippen MR) is 65.2 cm³/mol. The lowest BCUT2D eigenvalue weighted by atomic mass is 10.1. The summed E-state index contributed by atoms with van der Waals surface area (Å²) in [6, 6.07) is 5.71. The standard InChI is InChI=1S/C12H14BrNO2/c1-12(2,16)7-14-6-8-3-4-9(13)5-10(8)11(14)15/h3-5,16H,6-7H2,1-2H3. The van der Waals surface area contributed by atoms with Crippen LogP contribution in [0.2, 0.25) is 0 Å². The molecule has 0 saturated carbocycles. The fraction of sp³-hybridized carbons (Fsp3) is 0.417. The van der Waals surface area contributed by atoms with E-state index in [1.165, 1.54) is 0 Å². The topological polar surface area (TPSA) is 40.5 Å². The Kier molecular flexibility index (Phi) is 2.80. The molecule has 4 heteroatoms. The van der Waals surface area contributed by atoms with Crippen molar-refractivity contribution >= 4 is 21.8 Å². The SMILES string of the molecule is CC(C)(O)CN1Cc2ccc(Br)cc2C1=O. The van der Waals surface area contributed by atoms with Crippen LogP contribution < -0.4 is 0 Å². The van der Waals surface area contributed by atoms with Crippen molar-refractivity contribution in [3.63, 3.8) is 0 Å². The Morgan fingerprint density at radius 2 is 2.19 bits per heavy atom. The van der Waals surface area contributed by atoms with Crippen LogP contribution in [-0.4, -0.2) is 28.1 Å². The van der Waals surface area contributed by atoms with Crippen molar-refractivity contribution in [2.75, 3.05) is 6.54 Å². The molecule has 1 amide bonds. The highest BCUT2D eigenvalue weighted by Crippen LogP contribution is 2.26. The third kappa shape index (κ3) is 2.28. The number of aliphatic hydroxyl groups is 1. The van der Waals surface area contributed by atoms with Crippen LogP contribution in [0.4, 0.5) is 0 Å². The first-order valence-electron chi connectivity index (χ1n) is 5.17. The normalized spacial score (nSPS) is 15.5. The zero-order valence-corrected chi connectivity index (χ0v) is 10.9. The molecule has 3 nitrogen and oxygen atoms in total. The van der Waals surface area contributed by atoms with E-state index in [1.807, 2.05) is 18.2 Å². The summed E-state index contributed by atoms with van der Waals surface area (Å²) in [7, 11) is 0. The van der Waals surface area contributed by atoms with Crippen LogP contribution in [0.3, 0.4) is 0 Å². The van der Waals surface area contributed by atoms with Crippen LogP contribution in [-0.2, 0) is 6.54 Å². The highest BCUT2D eigenvalue weighted by Gasteiger charge is 2.30. The summed E-state index contributed by atoms with van der Waals surface area (Å²) < 4.78 is 0.907. The van der Waals surface area contributed by atoms with Crippen LogP contribution in [0.5, 0.6) is 0 Å². The monoisotopic (exact) mass is 283 g/mol. The molecule has 0 spiro atoms. The number of amides is 1. The van der Waals surface area contributed by atoms with E-state index in [4.69, 9.17) is 0 Å². The molecule has 1 heterocycles. The lowest BCUT2D eigenvalue weighted by Gasteiger charge is -2.24. The van der Waals surface area contributed by atoms with E-state index in [2.05, 4.69) is 15.9 Å². The number of nitrogens with zero attached hydrogens (tertiary/aromatic N) is 1. The van der Waals surface area contributed by atoms with Gasteiger partial charge in [-0.1, -0.05) is 22.0 Å². The van der Waals surface area contributed by atoms with Crippen LogP contribution in [0, 0.1) is 0 Å². The van der Waals surface area contributed by atoms with Gasteiger partial charge < -0.3 is 10.0 Å². The molecule has 0 radical (unpaired) electrons. The summed E-state index contributed by atoms with van der Waals surface area (Å²) in [5.41, 5.74) is 0.908. The molecule has 0 unspecified atom stereocenters. The van der Waals surface area contributed by atoms with Gasteiger partial charge in [0.25, 0.3) is 5.91 Å². The zero-order chi connectivity index (χ0) is 11.9. The largest absolute Gasteiger partial charge is 0.389 e. The Hall–Kier alpha value is -0.870. The summed E-state index contributed by atoms with van der Waals surface area (Å²) in [5.74, 6) is -0.00146. The third-order valence-electron chi connectivity index (χ3n) is 2.53. The number of hydrogen-bond acceptors (Lipinski definition) is 2. The second-order valence-electron chi connectivity index (χ2n) is 4.78. The first-order chi connectivity index (χ1) is 7.37. The van der Waals surface area contributed by atoms with Gasteiger partial charge in [0.05, 0.1) is 5.60 Å². The number of fused-ring (bicyclic) bond motifs is 1. The number of β-amino-alcohol motifs (C(OH)–C–C–N with tert-alkyl or cyclic N) is 1. The molecule has 0 aliphatic carbocycles. The summed E-state index contributed by atoms with van der Waals surface area (Å²) in [6.07, 6.45) is 0. The number of halogens is 1. The molecule has 0 fully saturated rings. The van der Waals surface area contributed by atoms with Gasteiger partial charge in [0.1, 0.15) is 0 Å². The maximum absolute atomic E-state index is 12.0. The van der Waals surface area contributed by atoms with Crippen LogP contribution in [0.1, 0.15) is 29.8 Å². The first kappa shape index (κ1) is 11.6. The second-order valence-corrected chi connectivity index (χ2v) is 5.69. The van der Waals surface area contributed by atoms with E-state index in [9.17, 15) is 9.90 Å². The molecule has 0 aromatic heterocycles. The zero-order valence-electron chi connectivity index (χ0n) is 9.33. The van der Waals surface area contributed by atoms with E-state index >= 15 is 0 Å².